The van der Waals surface area contributed by atoms with Crippen LogP contribution in [0.3, 0.4) is 0 Å². The molecule has 0 amide bonds. The number of hydrogen-bond acceptors (Lipinski definition) is 2. The zero-order chi connectivity index (χ0) is 11.5. The van der Waals surface area contributed by atoms with Gasteiger partial charge >= 0.3 is 6.18 Å². The van der Waals surface area contributed by atoms with E-state index in [-0.39, 0.29) is 6.61 Å². The van der Waals surface area contributed by atoms with Crippen LogP contribution in [0.1, 0.15) is 32.6 Å². The Hall–Kier alpha value is -0.290. The van der Waals surface area contributed by atoms with Gasteiger partial charge in [-0.15, -0.1) is 0 Å². The summed E-state index contributed by atoms with van der Waals surface area (Å²) in [5.74, 6) is 0.562. The molecule has 1 fully saturated rings. The van der Waals surface area contributed by atoms with Gasteiger partial charge in [0.15, 0.2) is 6.10 Å². The number of nitrogens with two attached hydrogens (primary N) is 1. The molecule has 0 aliphatic heterocycles. The van der Waals surface area contributed by atoms with Crippen LogP contribution in [0.5, 0.6) is 0 Å². The molecule has 2 unspecified atom stereocenters. The summed E-state index contributed by atoms with van der Waals surface area (Å²) in [6.45, 7) is 1.48. The first-order valence-electron chi connectivity index (χ1n) is 5.35. The molecule has 5 heteroatoms. The summed E-state index contributed by atoms with van der Waals surface area (Å²) >= 11 is 0. The van der Waals surface area contributed by atoms with Crippen LogP contribution in [-0.4, -0.2) is 24.9 Å². The third-order valence-electron chi connectivity index (χ3n) is 2.85. The van der Waals surface area contributed by atoms with E-state index in [1.54, 1.807) is 0 Å². The maximum absolute atomic E-state index is 12.4. The Morgan fingerprint density at radius 2 is 2.00 bits per heavy atom. The van der Waals surface area contributed by atoms with Gasteiger partial charge in [0.25, 0.3) is 0 Å². The highest BCUT2D eigenvalue weighted by molar-refractivity contribution is 4.77. The Bertz CT molecular complexity index is 190. The van der Waals surface area contributed by atoms with Crippen LogP contribution in [0.25, 0.3) is 0 Å². The highest BCUT2D eigenvalue weighted by Crippen LogP contribution is 2.30. The molecule has 1 aliphatic carbocycles. The molecule has 0 spiro atoms. The maximum atomic E-state index is 12.4. The largest absolute Gasteiger partial charge is 0.416 e. The number of rotatable bonds is 5. The number of halogens is 3. The van der Waals surface area contributed by atoms with Crippen molar-refractivity contribution >= 4 is 0 Å². The van der Waals surface area contributed by atoms with Crippen molar-refractivity contribution in [2.75, 3.05) is 6.61 Å². The summed E-state index contributed by atoms with van der Waals surface area (Å²) in [5, 5.41) is 0. The van der Waals surface area contributed by atoms with Crippen LogP contribution in [0.15, 0.2) is 0 Å². The first kappa shape index (κ1) is 12.8. The van der Waals surface area contributed by atoms with Gasteiger partial charge in [0.1, 0.15) is 0 Å². The van der Waals surface area contributed by atoms with Crippen molar-refractivity contribution in [1.29, 1.82) is 0 Å². The monoisotopic (exact) mass is 225 g/mol. The van der Waals surface area contributed by atoms with E-state index in [9.17, 15) is 13.2 Å². The summed E-state index contributed by atoms with van der Waals surface area (Å²) in [5.41, 5.74) is 5.24. The van der Waals surface area contributed by atoms with Crippen LogP contribution in [0.2, 0.25) is 0 Å². The molecule has 0 heterocycles. The molecule has 1 rings (SSSR count). The van der Waals surface area contributed by atoms with Gasteiger partial charge in [0.2, 0.25) is 0 Å². The third-order valence-corrected chi connectivity index (χ3v) is 2.85. The van der Waals surface area contributed by atoms with Gasteiger partial charge in [0.05, 0.1) is 0 Å². The Labute approximate surface area is 88.0 Å². The summed E-state index contributed by atoms with van der Waals surface area (Å²) < 4.78 is 42.0. The minimum absolute atomic E-state index is 0.163. The van der Waals surface area contributed by atoms with Gasteiger partial charge in [-0.2, -0.15) is 13.2 Å². The molecule has 0 aromatic rings. The van der Waals surface area contributed by atoms with Crippen molar-refractivity contribution in [3.63, 3.8) is 0 Å². The van der Waals surface area contributed by atoms with Crippen LogP contribution < -0.4 is 5.73 Å². The highest BCUT2D eigenvalue weighted by atomic mass is 19.4. The average Bonchev–Trinajstić information content (AvgIpc) is 1.97. The molecule has 0 aromatic carbocycles. The zero-order valence-corrected chi connectivity index (χ0v) is 8.89. The quantitative estimate of drug-likeness (QED) is 0.780. The van der Waals surface area contributed by atoms with Gasteiger partial charge in [-0.25, -0.2) is 0 Å². The Morgan fingerprint density at radius 1 is 1.40 bits per heavy atom. The van der Waals surface area contributed by atoms with Gasteiger partial charge in [0, 0.05) is 12.6 Å². The van der Waals surface area contributed by atoms with Gasteiger partial charge in [-0.05, 0) is 19.3 Å². The van der Waals surface area contributed by atoms with Crippen molar-refractivity contribution < 1.29 is 17.9 Å². The maximum Gasteiger partial charge on any atom is 0.416 e. The molecule has 15 heavy (non-hydrogen) atoms. The van der Waals surface area contributed by atoms with Crippen LogP contribution in [-0.2, 0) is 4.74 Å². The van der Waals surface area contributed by atoms with Crippen LogP contribution in [0, 0.1) is 5.92 Å². The summed E-state index contributed by atoms with van der Waals surface area (Å²) in [4.78, 5) is 0. The zero-order valence-electron chi connectivity index (χ0n) is 8.89. The molecular formula is C10H18F3NO. The minimum Gasteiger partial charge on any atom is -0.367 e. The van der Waals surface area contributed by atoms with E-state index in [0.717, 1.165) is 19.3 Å². The number of ether oxygens (including phenoxy) is 1. The predicted octanol–water partition coefficient (Wildman–Crippen LogP) is 2.47. The summed E-state index contributed by atoms with van der Waals surface area (Å²) in [6.07, 6.45) is -2.01. The molecule has 2 nitrogen and oxygen atoms in total. The third kappa shape index (κ3) is 3.99. The first-order chi connectivity index (χ1) is 6.91. The van der Waals surface area contributed by atoms with Crippen molar-refractivity contribution in [2.45, 2.75) is 50.9 Å². The fraction of sp³-hybridized carbons (Fsp3) is 1.00. The first-order valence-corrected chi connectivity index (χ1v) is 5.35. The van der Waals surface area contributed by atoms with Crippen molar-refractivity contribution in [3.8, 4) is 0 Å². The van der Waals surface area contributed by atoms with E-state index >= 15 is 0 Å². The van der Waals surface area contributed by atoms with Crippen molar-refractivity contribution in [2.24, 2.45) is 11.7 Å². The predicted molar refractivity (Wildman–Crippen MR) is 51.4 cm³/mol. The second-order valence-electron chi connectivity index (χ2n) is 4.28. The van der Waals surface area contributed by atoms with Crippen LogP contribution in [0.4, 0.5) is 13.2 Å². The summed E-state index contributed by atoms with van der Waals surface area (Å²) in [6, 6.07) is -1.01. The fourth-order valence-electron chi connectivity index (χ4n) is 1.69. The lowest BCUT2D eigenvalue weighted by atomic mass is 9.83. The normalized spacial score (nSPS) is 22.2. The lowest BCUT2D eigenvalue weighted by molar-refractivity contribution is -0.226. The second kappa shape index (κ2) is 5.16. The topological polar surface area (TPSA) is 35.2 Å². The summed E-state index contributed by atoms with van der Waals surface area (Å²) in [7, 11) is 0. The van der Waals surface area contributed by atoms with Gasteiger partial charge in [-0.3, -0.25) is 0 Å². The Balaban J connectivity index is 2.25. The van der Waals surface area contributed by atoms with Crippen LogP contribution >= 0.6 is 0 Å². The van der Waals surface area contributed by atoms with E-state index in [0.29, 0.717) is 5.92 Å². The van der Waals surface area contributed by atoms with E-state index in [1.807, 2.05) is 0 Å². The SMILES string of the molecule is CC(N)C(OCCC1CCC1)C(F)(F)F. The van der Waals surface area contributed by atoms with E-state index < -0.39 is 18.3 Å². The Morgan fingerprint density at radius 3 is 2.33 bits per heavy atom. The van der Waals surface area contributed by atoms with E-state index in [2.05, 4.69) is 0 Å². The molecule has 2 N–H and O–H groups in total. The molecule has 1 saturated carbocycles. The standard InChI is InChI=1S/C10H18F3NO/c1-7(14)9(10(11,12)13)15-6-5-8-3-2-4-8/h7-9H,2-6,14H2,1H3. The lowest BCUT2D eigenvalue weighted by Gasteiger charge is -2.28. The second-order valence-corrected chi connectivity index (χ2v) is 4.28. The van der Waals surface area contributed by atoms with Crippen molar-refractivity contribution in [3.05, 3.63) is 0 Å². The van der Waals surface area contributed by atoms with Gasteiger partial charge in [-0.1, -0.05) is 19.3 Å². The number of hydrogen-bond donors (Lipinski definition) is 1. The number of alkyl halides is 3. The van der Waals surface area contributed by atoms with Crippen molar-refractivity contribution in [1.82, 2.24) is 0 Å². The average molecular weight is 225 g/mol. The molecule has 0 radical (unpaired) electrons. The van der Waals surface area contributed by atoms with Gasteiger partial charge < -0.3 is 10.5 Å². The smallest absolute Gasteiger partial charge is 0.367 e. The molecule has 0 aromatic heterocycles. The molecule has 1 aliphatic rings. The molecule has 0 saturated heterocycles. The van der Waals surface area contributed by atoms with E-state index in [1.165, 1.54) is 13.3 Å². The molecule has 0 bridgehead atoms. The highest BCUT2D eigenvalue weighted by Gasteiger charge is 2.43. The Kier molecular flexibility index (Phi) is 4.40. The molecule has 2 atom stereocenters. The molecule has 90 valence electrons. The van der Waals surface area contributed by atoms with E-state index in [4.69, 9.17) is 10.5 Å². The lowest BCUT2D eigenvalue weighted by Crippen LogP contribution is -2.45. The fourth-order valence-corrected chi connectivity index (χ4v) is 1.69. The molecular weight excluding hydrogens is 207 g/mol. The minimum atomic E-state index is -4.35.